The van der Waals surface area contributed by atoms with E-state index in [1.54, 1.807) is 24.4 Å². The Morgan fingerprint density at radius 1 is 1.00 bits per heavy atom. The molecule has 2 aromatic heterocycles. The minimum Gasteiger partial charge on any atom is -0.326 e. The van der Waals surface area contributed by atoms with Crippen LogP contribution in [-0.2, 0) is 22.6 Å². The van der Waals surface area contributed by atoms with E-state index in [1.165, 1.54) is 11.3 Å². The second kappa shape index (κ2) is 9.33. The van der Waals surface area contributed by atoms with Crippen molar-refractivity contribution in [2.24, 2.45) is 0 Å². The Morgan fingerprint density at radius 2 is 1.76 bits per heavy atom. The van der Waals surface area contributed by atoms with E-state index in [2.05, 4.69) is 20.7 Å². The smallest absolute Gasteiger partial charge is 0.275 e. The van der Waals surface area contributed by atoms with Crippen LogP contribution in [0.25, 0.3) is 10.8 Å². The molecule has 168 valence electrons. The number of fused-ring (bicyclic) bond motifs is 1. The Hall–Kier alpha value is -3.85. The molecule has 4 aromatic rings. The van der Waals surface area contributed by atoms with Crippen molar-refractivity contribution in [2.45, 2.75) is 33.7 Å². The Kier molecular flexibility index (Phi) is 6.32. The molecule has 0 saturated heterocycles. The molecule has 0 radical (unpaired) electrons. The molecular formula is C24H23N5O3S. The van der Waals surface area contributed by atoms with Crippen LogP contribution >= 0.6 is 11.3 Å². The monoisotopic (exact) mass is 461 g/mol. The predicted molar refractivity (Wildman–Crippen MR) is 130 cm³/mol. The highest BCUT2D eigenvalue weighted by Gasteiger charge is 2.14. The van der Waals surface area contributed by atoms with Gasteiger partial charge in [-0.1, -0.05) is 35.9 Å². The summed E-state index contributed by atoms with van der Waals surface area (Å²) in [5, 5.41) is 13.2. The zero-order chi connectivity index (χ0) is 23.5. The van der Waals surface area contributed by atoms with E-state index in [9.17, 15) is 14.4 Å². The van der Waals surface area contributed by atoms with Gasteiger partial charge in [-0.2, -0.15) is 5.10 Å². The summed E-state index contributed by atoms with van der Waals surface area (Å²) in [5.41, 5.74) is 3.77. The number of hydrogen-bond acceptors (Lipinski definition) is 6. The zero-order valence-electron chi connectivity index (χ0n) is 18.5. The fraction of sp³-hybridized carbons (Fsp3) is 0.208. The van der Waals surface area contributed by atoms with Crippen molar-refractivity contribution in [3.8, 4) is 0 Å². The van der Waals surface area contributed by atoms with Gasteiger partial charge in [0.25, 0.3) is 5.56 Å². The van der Waals surface area contributed by atoms with Crippen molar-refractivity contribution < 1.29 is 9.59 Å². The summed E-state index contributed by atoms with van der Waals surface area (Å²) >= 11 is 1.22. The molecule has 0 fully saturated rings. The number of nitrogens with one attached hydrogen (secondary N) is 2. The molecule has 0 spiro atoms. The molecule has 0 saturated carbocycles. The maximum absolute atomic E-state index is 12.6. The number of carbonyl (C=O) groups is 2. The molecule has 0 aliphatic carbocycles. The quantitative estimate of drug-likeness (QED) is 0.456. The Bertz CT molecular complexity index is 1420. The van der Waals surface area contributed by atoms with Crippen molar-refractivity contribution in [1.29, 1.82) is 0 Å². The number of thiazole rings is 1. The normalized spacial score (nSPS) is 10.9. The first-order valence-corrected chi connectivity index (χ1v) is 11.3. The first kappa shape index (κ1) is 22.3. The minimum atomic E-state index is -0.417. The van der Waals surface area contributed by atoms with Gasteiger partial charge >= 0.3 is 0 Å². The average molecular weight is 462 g/mol. The molecule has 2 heterocycles. The Balaban J connectivity index is 1.39. The lowest BCUT2D eigenvalue weighted by atomic mass is 10.1. The largest absolute Gasteiger partial charge is 0.326 e. The molecule has 8 nitrogen and oxygen atoms in total. The number of nitrogens with zero attached hydrogens (tertiary/aromatic N) is 3. The van der Waals surface area contributed by atoms with Gasteiger partial charge in [-0.15, -0.1) is 11.3 Å². The SMILES string of the molecule is Cc1ccc(NC(=O)Cc2csc(NC(=O)Cn3nc(C)c4ccccc4c3=O)n2)c(C)c1. The van der Waals surface area contributed by atoms with Crippen LogP contribution in [0.4, 0.5) is 10.8 Å². The second-order valence-corrected chi connectivity index (χ2v) is 8.69. The van der Waals surface area contributed by atoms with Crippen LogP contribution in [0.5, 0.6) is 0 Å². The van der Waals surface area contributed by atoms with E-state index in [-0.39, 0.29) is 24.4 Å². The molecule has 33 heavy (non-hydrogen) atoms. The predicted octanol–water partition coefficient (Wildman–Crippen LogP) is 3.60. The third-order valence-electron chi connectivity index (χ3n) is 5.14. The van der Waals surface area contributed by atoms with E-state index in [0.717, 1.165) is 26.9 Å². The number of benzene rings is 2. The average Bonchev–Trinajstić information content (AvgIpc) is 3.20. The molecule has 9 heteroatoms. The molecule has 2 N–H and O–H groups in total. The first-order valence-electron chi connectivity index (χ1n) is 10.4. The van der Waals surface area contributed by atoms with Gasteiger partial charge in [-0.05, 0) is 38.5 Å². The van der Waals surface area contributed by atoms with Crippen LogP contribution in [0, 0.1) is 20.8 Å². The maximum Gasteiger partial charge on any atom is 0.275 e. The molecule has 0 atom stereocenters. The molecule has 0 unspecified atom stereocenters. The van der Waals surface area contributed by atoms with Crippen molar-refractivity contribution in [1.82, 2.24) is 14.8 Å². The summed E-state index contributed by atoms with van der Waals surface area (Å²) in [7, 11) is 0. The zero-order valence-corrected chi connectivity index (χ0v) is 19.3. The van der Waals surface area contributed by atoms with Crippen LogP contribution in [-0.4, -0.2) is 26.6 Å². The topological polar surface area (TPSA) is 106 Å². The molecule has 2 amide bonds. The number of hydrogen-bond donors (Lipinski definition) is 2. The molecule has 0 aliphatic heterocycles. The third-order valence-corrected chi connectivity index (χ3v) is 5.95. The van der Waals surface area contributed by atoms with Gasteiger partial charge in [-0.25, -0.2) is 9.67 Å². The lowest BCUT2D eigenvalue weighted by Gasteiger charge is -2.08. The number of amides is 2. The van der Waals surface area contributed by atoms with Crippen molar-refractivity contribution in [2.75, 3.05) is 10.6 Å². The Morgan fingerprint density at radius 3 is 2.52 bits per heavy atom. The van der Waals surface area contributed by atoms with Gasteiger partial charge in [-0.3, -0.25) is 14.4 Å². The van der Waals surface area contributed by atoms with Crippen LogP contribution in [0.2, 0.25) is 0 Å². The van der Waals surface area contributed by atoms with Crippen LogP contribution in [0.15, 0.2) is 52.6 Å². The third kappa shape index (κ3) is 5.15. The van der Waals surface area contributed by atoms with Gasteiger partial charge in [0.05, 0.1) is 23.2 Å². The Labute approximate surface area is 194 Å². The summed E-state index contributed by atoms with van der Waals surface area (Å²) < 4.78 is 1.15. The standard InChI is InChI=1S/C24H23N5O3S/c1-14-8-9-20(15(2)10-14)26-21(30)11-17-13-33-24(25-17)27-22(31)12-29-23(32)19-7-5-4-6-18(19)16(3)28-29/h4-10,13H,11-12H2,1-3H3,(H,26,30)(H,25,27,31). The van der Waals surface area contributed by atoms with Gasteiger partial charge in [0, 0.05) is 16.5 Å². The van der Waals surface area contributed by atoms with E-state index in [4.69, 9.17) is 0 Å². The fourth-order valence-electron chi connectivity index (χ4n) is 3.56. The summed E-state index contributed by atoms with van der Waals surface area (Å²) in [4.78, 5) is 41.9. The molecular weight excluding hydrogens is 438 g/mol. The summed E-state index contributed by atoms with van der Waals surface area (Å²) in [6.45, 7) is 5.51. The van der Waals surface area contributed by atoms with E-state index in [1.807, 2.05) is 44.2 Å². The van der Waals surface area contributed by atoms with Crippen molar-refractivity contribution in [3.05, 3.63) is 80.7 Å². The first-order chi connectivity index (χ1) is 15.8. The highest BCUT2D eigenvalue weighted by atomic mass is 32.1. The molecule has 4 rings (SSSR count). The van der Waals surface area contributed by atoms with E-state index in [0.29, 0.717) is 21.9 Å². The van der Waals surface area contributed by atoms with Crippen LogP contribution in [0.1, 0.15) is 22.5 Å². The van der Waals surface area contributed by atoms with Crippen LogP contribution < -0.4 is 16.2 Å². The van der Waals surface area contributed by atoms with Crippen molar-refractivity contribution >= 4 is 44.7 Å². The lowest BCUT2D eigenvalue weighted by Crippen LogP contribution is -2.30. The second-order valence-electron chi connectivity index (χ2n) is 7.83. The van der Waals surface area contributed by atoms with E-state index < -0.39 is 5.91 Å². The van der Waals surface area contributed by atoms with Gasteiger partial charge in [0.15, 0.2) is 5.13 Å². The van der Waals surface area contributed by atoms with Crippen LogP contribution in [0.3, 0.4) is 0 Å². The fourth-order valence-corrected chi connectivity index (χ4v) is 4.29. The summed E-state index contributed by atoms with van der Waals surface area (Å²) in [6.07, 6.45) is 0.0879. The molecule has 0 aliphatic rings. The number of rotatable bonds is 6. The van der Waals surface area contributed by atoms with Gasteiger partial charge < -0.3 is 10.6 Å². The highest BCUT2D eigenvalue weighted by Crippen LogP contribution is 2.19. The highest BCUT2D eigenvalue weighted by molar-refractivity contribution is 7.13. The minimum absolute atomic E-state index is 0.0879. The number of anilines is 2. The number of aromatic nitrogens is 3. The number of carbonyl (C=O) groups excluding carboxylic acids is 2. The molecule has 0 bridgehead atoms. The lowest BCUT2D eigenvalue weighted by molar-refractivity contribution is -0.117. The maximum atomic E-state index is 12.6. The molecule has 2 aromatic carbocycles. The summed E-state index contributed by atoms with van der Waals surface area (Å²) in [6, 6.07) is 13.0. The van der Waals surface area contributed by atoms with Gasteiger partial charge in [0.1, 0.15) is 6.54 Å². The van der Waals surface area contributed by atoms with E-state index >= 15 is 0 Å². The van der Waals surface area contributed by atoms with Crippen molar-refractivity contribution in [3.63, 3.8) is 0 Å². The summed E-state index contributed by atoms with van der Waals surface area (Å²) in [5.74, 6) is -0.604. The number of aryl methyl sites for hydroxylation is 3. The van der Waals surface area contributed by atoms with Gasteiger partial charge in [0.2, 0.25) is 11.8 Å².